The van der Waals surface area contributed by atoms with Crippen molar-refractivity contribution >= 4 is 28.4 Å². The zero-order valence-electron chi connectivity index (χ0n) is 22.0. The number of benzene rings is 2. The number of anilines is 1. The fourth-order valence-corrected chi connectivity index (χ4v) is 4.27. The number of aromatic nitrogens is 3. The van der Waals surface area contributed by atoms with E-state index in [4.69, 9.17) is 14.9 Å². The third kappa shape index (κ3) is 8.27. The van der Waals surface area contributed by atoms with Gasteiger partial charge in [-0.15, -0.1) is 0 Å². The minimum absolute atomic E-state index is 0.354. The van der Waals surface area contributed by atoms with E-state index in [1.54, 1.807) is 7.11 Å². The molecule has 1 saturated heterocycles. The molecular weight excluding hydrogens is 506 g/mol. The molecule has 0 spiro atoms. The maximum Gasteiger partial charge on any atom is 0.347 e. The predicted octanol–water partition coefficient (Wildman–Crippen LogP) is 1.42. The summed E-state index contributed by atoms with van der Waals surface area (Å²) >= 11 is 0. The lowest BCUT2D eigenvalue weighted by atomic mass is 10.1. The van der Waals surface area contributed by atoms with Crippen LogP contribution in [-0.4, -0.2) is 81.2 Å². The van der Waals surface area contributed by atoms with Crippen LogP contribution in [0, 0.1) is 0 Å². The normalized spacial score (nSPS) is 13.7. The van der Waals surface area contributed by atoms with Gasteiger partial charge in [0.05, 0.1) is 7.11 Å². The lowest BCUT2D eigenvalue weighted by Gasteiger charge is -2.36. The number of unbranched alkanes of at least 4 members (excludes halogenated alkanes) is 1. The Morgan fingerprint density at radius 2 is 1.64 bits per heavy atom. The summed E-state index contributed by atoms with van der Waals surface area (Å²) in [6.45, 7) is 5.52. The lowest BCUT2D eigenvalue weighted by Crippen LogP contribution is -2.46. The number of piperazine rings is 1. The molecule has 1 aromatic heterocycles. The Morgan fingerprint density at radius 1 is 0.974 bits per heavy atom. The smallest absolute Gasteiger partial charge is 0.347 e. The molecule has 2 heterocycles. The van der Waals surface area contributed by atoms with Crippen LogP contribution in [0.4, 0.5) is 5.69 Å². The third-order valence-electron chi connectivity index (χ3n) is 6.39. The summed E-state index contributed by atoms with van der Waals surface area (Å²) in [4.78, 5) is 47.5. The summed E-state index contributed by atoms with van der Waals surface area (Å²) in [7, 11) is 3.18. The molecule has 1 fully saturated rings. The molecule has 12 heteroatoms. The fourth-order valence-electron chi connectivity index (χ4n) is 4.27. The molecule has 2 N–H and O–H groups in total. The Kier molecular flexibility index (Phi) is 10.4. The molecule has 0 unspecified atom stereocenters. The molecular formula is C27H33N5O7. The Balaban J connectivity index is 0.000000459. The van der Waals surface area contributed by atoms with Crippen LogP contribution < -0.4 is 20.9 Å². The number of methoxy groups -OCH3 is 1. The van der Waals surface area contributed by atoms with Crippen LogP contribution in [0.1, 0.15) is 12.8 Å². The van der Waals surface area contributed by atoms with E-state index in [2.05, 4.69) is 45.2 Å². The van der Waals surface area contributed by atoms with Crippen molar-refractivity contribution in [1.29, 1.82) is 0 Å². The first-order valence-corrected chi connectivity index (χ1v) is 12.5. The highest BCUT2D eigenvalue weighted by atomic mass is 16.5. The van der Waals surface area contributed by atoms with Crippen molar-refractivity contribution in [2.24, 2.45) is 7.05 Å². The Hall–Kier alpha value is -4.45. The molecule has 2 aromatic carbocycles. The first-order valence-electron chi connectivity index (χ1n) is 12.5. The van der Waals surface area contributed by atoms with Gasteiger partial charge in [0.25, 0.3) is 5.56 Å². The molecule has 0 amide bonds. The number of ether oxygens (including phenoxy) is 1. The van der Waals surface area contributed by atoms with Gasteiger partial charge < -0.3 is 19.8 Å². The highest BCUT2D eigenvalue weighted by Gasteiger charge is 2.18. The number of carbonyl (C=O) groups is 2. The molecule has 3 aromatic rings. The third-order valence-corrected chi connectivity index (χ3v) is 6.39. The molecule has 0 radical (unpaired) electrons. The molecule has 0 aliphatic carbocycles. The van der Waals surface area contributed by atoms with Crippen LogP contribution in [0.3, 0.4) is 0 Å². The number of aryl methyl sites for hydroxylation is 1. The van der Waals surface area contributed by atoms with Crippen molar-refractivity contribution in [2.45, 2.75) is 19.4 Å². The maximum absolute atomic E-state index is 12.0. The van der Waals surface area contributed by atoms with E-state index in [9.17, 15) is 19.2 Å². The van der Waals surface area contributed by atoms with Gasteiger partial charge in [0.2, 0.25) is 0 Å². The largest absolute Gasteiger partial charge is 0.497 e. The highest BCUT2D eigenvalue weighted by Crippen LogP contribution is 2.30. The van der Waals surface area contributed by atoms with E-state index >= 15 is 0 Å². The monoisotopic (exact) mass is 539 g/mol. The van der Waals surface area contributed by atoms with Gasteiger partial charge in [-0.1, -0.05) is 18.2 Å². The van der Waals surface area contributed by atoms with Crippen molar-refractivity contribution in [3.8, 4) is 5.75 Å². The van der Waals surface area contributed by atoms with Crippen LogP contribution in [-0.2, 0) is 23.2 Å². The second kappa shape index (κ2) is 13.9. The quantitative estimate of drug-likeness (QED) is 0.302. The Morgan fingerprint density at radius 3 is 2.28 bits per heavy atom. The fraction of sp³-hybridized carbons (Fsp3) is 0.370. The zero-order chi connectivity index (χ0) is 28.4. The van der Waals surface area contributed by atoms with E-state index in [1.165, 1.54) is 34.4 Å². The molecule has 39 heavy (non-hydrogen) atoms. The summed E-state index contributed by atoms with van der Waals surface area (Å²) in [5.41, 5.74) is 0.535. The van der Waals surface area contributed by atoms with Crippen molar-refractivity contribution in [3.05, 3.63) is 75.6 Å². The van der Waals surface area contributed by atoms with Crippen LogP contribution >= 0.6 is 0 Å². The molecule has 4 rings (SSSR count). The maximum atomic E-state index is 12.0. The average Bonchev–Trinajstić information content (AvgIpc) is 2.94. The van der Waals surface area contributed by atoms with Crippen LogP contribution in [0.15, 0.2) is 64.3 Å². The molecule has 12 nitrogen and oxygen atoms in total. The van der Waals surface area contributed by atoms with Crippen molar-refractivity contribution in [3.63, 3.8) is 0 Å². The Labute approximate surface area is 225 Å². The van der Waals surface area contributed by atoms with Crippen molar-refractivity contribution in [1.82, 2.24) is 19.2 Å². The minimum Gasteiger partial charge on any atom is -0.497 e. The molecule has 0 bridgehead atoms. The van der Waals surface area contributed by atoms with Gasteiger partial charge in [-0.25, -0.2) is 19.1 Å². The number of hydrogen-bond acceptors (Lipinski definition) is 8. The van der Waals surface area contributed by atoms with Gasteiger partial charge >= 0.3 is 17.6 Å². The number of nitrogens with zero attached hydrogens (tertiary/aromatic N) is 5. The van der Waals surface area contributed by atoms with Gasteiger partial charge in [-0.2, -0.15) is 5.10 Å². The van der Waals surface area contributed by atoms with E-state index in [0.29, 0.717) is 18.7 Å². The summed E-state index contributed by atoms with van der Waals surface area (Å²) in [5.74, 6) is -1.63. The standard InChI is InChI=1S/C23H29N5O3.C4H4O4/c1-25-22(29)17-24-28(23(25)30)11-4-3-10-26-12-14-27(15-13-26)21-7-5-6-18-8-9-19(31-2)16-20(18)21;5-3(6)1-2-4(7)8/h5-9,16-17H,3-4,10-15H2,1-2H3;1-2H,(H,5,6)(H,7,8). The molecule has 1 aliphatic rings. The Bertz CT molecular complexity index is 1420. The average molecular weight is 540 g/mol. The van der Waals surface area contributed by atoms with Gasteiger partial charge in [0.1, 0.15) is 11.9 Å². The highest BCUT2D eigenvalue weighted by molar-refractivity contribution is 5.95. The SMILES string of the molecule is COc1ccc2cccc(N3CCN(CCCCn4ncc(=O)n(C)c4=O)CC3)c2c1.O=C(O)C=CC(=O)O. The molecule has 1 aliphatic heterocycles. The van der Waals surface area contributed by atoms with Crippen molar-refractivity contribution < 1.29 is 24.5 Å². The zero-order valence-corrected chi connectivity index (χ0v) is 22.0. The molecule has 208 valence electrons. The minimum atomic E-state index is -1.26. The van der Waals surface area contributed by atoms with Crippen molar-refractivity contribution in [2.75, 3.05) is 44.7 Å². The van der Waals surface area contributed by atoms with Crippen LogP contribution in [0.25, 0.3) is 10.8 Å². The lowest BCUT2D eigenvalue weighted by molar-refractivity contribution is -0.134. The molecule has 0 atom stereocenters. The summed E-state index contributed by atoms with van der Waals surface area (Å²) < 4.78 is 7.88. The number of carboxylic acid groups (broad SMARTS) is 2. The van der Waals surface area contributed by atoms with Gasteiger partial charge in [0.15, 0.2) is 0 Å². The number of aliphatic carboxylic acids is 2. The first-order chi connectivity index (χ1) is 18.7. The van der Waals surface area contributed by atoms with Crippen LogP contribution in [0.2, 0.25) is 0 Å². The van der Waals surface area contributed by atoms with Crippen LogP contribution in [0.5, 0.6) is 5.75 Å². The number of carboxylic acids is 2. The second-order valence-corrected chi connectivity index (χ2v) is 8.96. The van der Waals surface area contributed by atoms with E-state index in [-0.39, 0.29) is 11.2 Å². The summed E-state index contributed by atoms with van der Waals surface area (Å²) in [5, 5.41) is 22.0. The number of rotatable bonds is 9. The summed E-state index contributed by atoms with van der Waals surface area (Å²) in [6, 6.07) is 12.7. The topological polar surface area (TPSA) is 147 Å². The van der Waals surface area contributed by atoms with E-state index < -0.39 is 11.9 Å². The second-order valence-electron chi connectivity index (χ2n) is 8.96. The van der Waals surface area contributed by atoms with Gasteiger partial charge in [-0.3, -0.25) is 14.3 Å². The van der Waals surface area contributed by atoms with Gasteiger partial charge in [0, 0.05) is 63.0 Å². The number of fused-ring (bicyclic) bond motifs is 1. The summed E-state index contributed by atoms with van der Waals surface area (Å²) in [6.07, 6.45) is 4.16. The number of hydrogen-bond donors (Lipinski definition) is 2. The van der Waals surface area contributed by atoms with E-state index in [1.807, 2.05) is 6.07 Å². The van der Waals surface area contributed by atoms with E-state index in [0.717, 1.165) is 55.9 Å². The first kappa shape index (κ1) is 29.1. The predicted molar refractivity (Wildman–Crippen MR) is 147 cm³/mol. The molecule has 0 saturated carbocycles. The van der Waals surface area contributed by atoms with Gasteiger partial charge in [-0.05, 0) is 43.0 Å².